The van der Waals surface area contributed by atoms with E-state index in [-0.39, 0.29) is 18.6 Å². The van der Waals surface area contributed by atoms with Gasteiger partial charge in [-0.25, -0.2) is 4.98 Å². The second-order valence-electron chi connectivity index (χ2n) is 4.25. The van der Waals surface area contributed by atoms with Crippen molar-refractivity contribution in [2.75, 3.05) is 20.8 Å². The molecule has 0 fully saturated rings. The molecule has 0 atom stereocenters. The minimum atomic E-state index is -0.244. The molecule has 0 aliphatic carbocycles. The molecule has 0 unspecified atom stereocenters. The van der Waals surface area contributed by atoms with E-state index in [4.69, 9.17) is 4.74 Å². The normalized spacial score (nSPS) is 10.8. The van der Waals surface area contributed by atoms with Gasteiger partial charge in [-0.05, 0) is 19.9 Å². The molecule has 100 valence electrons. The Kier molecular flexibility index (Phi) is 5.58. The Labute approximate surface area is 108 Å². The lowest BCUT2D eigenvalue weighted by molar-refractivity contribution is -0.142. The summed E-state index contributed by atoms with van der Waals surface area (Å²) >= 11 is 0. The average Bonchev–Trinajstić information content (AvgIpc) is 2.37. The zero-order valence-corrected chi connectivity index (χ0v) is 11.3. The van der Waals surface area contributed by atoms with Crippen molar-refractivity contribution in [2.45, 2.75) is 26.4 Å². The third-order valence-corrected chi connectivity index (χ3v) is 2.65. The zero-order chi connectivity index (χ0) is 13.5. The van der Waals surface area contributed by atoms with Crippen LogP contribution in [0.2, 0.25) is 0 Å². The Morgan fingerprint density at radius 1 is 1.39 bits per heavy atom. The largest absolute Gasteiger partial charge is 0.481 e. The molecule has 5 nitrogen and oxygen atoms in total. The summed E-state index contributed by atoms with van der Waals surface area (Å²) in [4.78, 5) is 17.7. The summed E-state index contributed by atoms with van der Waals surface area (Å²) in [6, 6.07) is 5.83. The van der Waals surface area contributed by atoms with Gasteiger partial charge >= 0.3 is 5.97 Å². The highest BCUT2D eigenvalue weighted by Crippen LogP contribution is 2.10. The van der Waals surface area contributed by atoms with Crippen LogP contribution in [0.1, 0.15) is 19.5 Å². The number of carbonyl (C=O) groups is 1. The highest BCUT2D eigenvalue weighted by Gasteiger charge is 2.15. The first-order chi connectivity index (χ1) is 8.56. The van der Waals surface area contributed by atoms with E-state index in [0.717, 1.165) is 5.69 Å². The van der Waals surface area contributed by atoms with Gasteiger partial charge < -0.3 is 9.47 Å². The fourth-order valence-corrected chi connectivity index (χ4v) is 1.52. The van der Waals surface area contributed by atoms with E-state index < -0.39 is 0 Å². The minimum absolute atomic E-state index is 0.233. The summed E-state index contributed by atoms with van der Waals surface area (Å²) in [5.41, 5.74) is 0.868. The van der Waals surface area contributed by atoms with Crippen molar-refractivity contribution in [3.63, 3.8) is 0 Å². The summed E-state index contributed by atoms with van der Waals surface area (Å²) in [5, 5.41) is 0. The Morgan fingerprint density at radius 2 is 2.11 bits per heavy atom. The van der Waals surface area contributed by atoms with Crippen LogP contribution >= 0.6 is 0 Å². The molecule has 1 rings (SSSR count). The van der Waals surface area contributed by atoms with Gasteiger partial charge in [-0.2, -0.15) is 0 Å². The van der Waals surface area contributed by atoms with Gasteiger partial charge in [-0.1, -0.05) is 6.07 Å². The minimum Gasteiger partial charge on any atom is -0.481 e. The van der Waals surface area contributed by atoms with Gasteiger partial charge in [0.15, 0.2) is 0 Å². The molecule has 1 heterocycles. The van der Waals surface area contributed by atoms with Crippen molar-refractivity contribution in [1.29, 1.82) is 0 Å². The Hall–Kier alpha value is -1.62. The fraction of sp³-hybridized carbons (Fsp3) is 0.538. The van der Waals surface area contributed by atoms with Crippen LogP contribution in [0.25, 0.3) is 0 Å². The second-order valence-corrected chi connectivity index (χ2v) is 4.25. The summed E-state index contributed by atoms with van der Waals surface area (Å²) in [6.07, 6.45) is 0. The average molecular weight is 252 g/mol. The maximum absolute atomic E-state index is 11.3. The summed E-state index contributed by atoms with van der Waals surface area (Å²) in [7, 11) is 2.98. The van der Waals surface area contributed by atoms with E-state index >= 15 is 0 Å². The summed E-state index contributed by atoms with van der Waals surface area (Å²) in [6.45, 7) is 4.91. The maximum atomic E-state index is 11.3. The van der Waals surface area contributed by atoms with Gasteiger partial charge in [0.1, 0.15) is 0 Å². The number of pyridine rings is 1. The maximum Gasteiger partial charge on any atom is 0.319 e. The molecule has 18 heavy (non-hydrogen) atoms. The van der Waals surface area contributed by atoms with Crippen LogP contribution in [0.4, 0.5) is 0 Å². The number of esters is 1. The molecule has 0 bridgehead atoms. The van der Waals surface area contributed by atoms with Crippen LogP contribution in [-0.2, 0) is 16.1 Å². The van der Waals surface area contributed by atoms with Crippen LogP contribution in [0.15, 0.2) is 18.2 Å². The van der Waals surface area contributed by atoms with E-state index in [1.54, 1.807) is 13.2 Å². The first kappa shape index (κ1) is 14.4. The van der Waals surface area contributed by atoms with Gasteiger partial charge in [0.2, 0.25) is 5.88 Å². The highest BCUT2D eigenvalue weighted by atomic mass is 16.5. The molecular formula is C13H20N2O3. The van der Waals surface area contributed by atoms with Crippen LogP contribution in [0.3, 0.4) is 0 Å². The number of rotatable bonds is 6. The van der Waals surface area contributed by atoms with E-state index in [2.05, 4.69) is 9.72 Å². The number of hydrogen-bond acceptors (Lipinski definition) is 5. The van der Waals surface area contributed by atoms with Crippen LogP contribution in [-0.4, -0.2) is 42.7 Å². The fourth-order valence-electron chi connectivity index (χ4n) is 1.52. The van der Waals surface area contributed by atoms with Crippen molar-refractivity contribution >= 4 is 5.97 Å². The lowest BCUT2D eigenvalue weighted by Crippen LogP contribution is -2.35. The number of hydrogen-bond donors (Lipinski definition) is 0. The quantitative estimate of drug-likeness (QED) is 0.718. The first-order valence-electron chi connectivity index (χ1n) is 5.87. The third kappa shape index (κ3) is 4.33. The van der Waals surface area contributed by atoms with Gasteiger partial charge in [0.05, 0.1) is 26.5 Å². The predicted molar refractivity (Wildman–Crippen MR) is 68.4 cm³/mol. The summed E-state index contributed by atoms with van der Waals surface area (Å²) < 4.78 is 9.77. The van der Waals surface area contributed by atoms with Crippen LogP contribution in [0.5, 0.6) is 5.88 Å². The van der Waals surface area contributed by atoms with Gasteiger partial charge in [0, 0.05) is 18.7 Å². The monoisotopic (exact) mass is 252 g/mol. The number of aromatic nitrogens is 1. The Bertz CT molecular complexity index is 394. The van der Waals surface area contributed by atoms with Gasteiger partial charge in [-0.15, -0.1) is 0 Å². The van der Waals surface area contributed by atoms with Crippen molar-refractivity contribution in [1.82, 2.24) is 9.88 Å². The number of methoxy groups -OCH3 is 2. The highest BCUT2D eigenvalue weighted by molar-refractivity contribution is 5.71. The molecular weight excluding hydrogens is 232 g/mol. The van der Waals surface area contributed by atoms with Crippen molar-refractivity contribution < 1.29 is 14.3 Å². The molecule has 0 aliphatic rings. The molecule has 1 aromatic heterocycles. The Morgan fingerprint density at radius 3 is 2.67 bits per heavy atom. The number of ether oxygens (including phenoxy) is 2. The SMILES string of the molecule is COC(=O)CN(Cc1cccc(OC)n1)C(C)C. The molecule has 1 aromatic rings. The van der Waals surface area contributed by atoms with E-state index in [9.17, 15) is 4.79 Å². The van der Waals surface area contributed by atoms with Crippen LogP contribution < -0.4 is 4.74 Å². The van der Waals surface area contributed by atoms with Gasteiger partial charge in [-0.3, -0.25) is 9.69 Å². The van der Waals surface area contributed by atoms with Crippen molar-refractivity contribution in [2.24, 2.45) is 0 Å². The summed E-state index contributed by atoms with van der Waals surface area (Å²) in [5.74, 6) is 0.334. The van der Waals surface area contributed by atoms with E-state index in [1.807, 2.05) is 30.9 Å². The van der Waals surface area contributed by atoms with E-state index in [0.29, 0.717) is 12.4 Å². The molecule has 0 N–H and O–H groups in total. The molecule has 0 spiro atoms. The smallest absolute Gasteiger partial charge is 0.319 e. The molecule has 0 amide bonds. The molecule has 0 saturated heterocycles. The second kappa shape index (κ2) is 6.96. The lowest BCUT2D eigenvalue weighted by atomic mass is 10.2. The number of nitrogens with zero attached hydrogens (tertiary/aromatic N) is 2. The molecule has 0 aliphatic heterocycles. The standard InChI is InChI=1S/C13H20N2O3/c1-10(2)15(9-13(16)18-4)8-11-6-5-7-12(14-11)17-3/h5-7,10H,8-9H2,1-4H3. The molecule has 5 heteroatoms. The molecule has 0 aromatic carbocycles. The topological polar surface area (TPSA) is 51.7 Å². The third-order valence-electron chi connectivity index (χ3n) is 2.65. The first-order valence-corrected chi connectivity index (χ1v) is 5.87. The number of carbonyl (C=O) groups excluding carboxylic acids is 1. The Balaban J connectivity index is 2.73. The van der Waals surface area contributed by atoms with Crippen LogP contribution in [0, 0.1) is 0 Å². The van der Waals surface area contributed by atoms with Crippen molar-refractivity contribution in [3.8, 4) is 5.88 Å². The predicted octanol–water partition coefficient (Wildman–Crippen LogP) is 1.47. The van der Waals surface area contributed by atoms with Gasteiger partial charge in [0.25, 0.3) is 0 Å². The van der Waals surface area contributed by atoms with E-state index in [1.165, 1.54) is 7.11 Å². The van der Waals surface area contributed by atoms with Crippen molar-refractivity contribution in [3.05, 3.63) is 23.9 Å². The zero-order valence-electron chi connectivity index (χ0n) is 11.3. The lowest BCUT2D eigenvalue weighted by Gasteiger charge is -2.24. The molecule has 0 saturated carbocycles. The molecule has 0 radical (unpaired) electrons.